The number of benzene rings is 1. The van der Waals surface area contributed by atoms with Gasteiger partial charge in [-0.15, -0.1) is 0 Å². The molecule has 142 valence electrons. The van der Waals surface area contributed by atoms with Crippen molar-refractivity contribution in [2.45, 2.75) is 38.8 Å². The normalized spacial score (nSPS) is 26.7. The maximum absolute atomic E-state index is 12.7. The second kappa shape index (κ2) is 6.81. The summed E-state index contributed by atoms with van der Waals surface area (Å²) in [6.07, 6.45) is 2.21. The van der Waals surface area contributed by atoms with Crippen LogP contribution in [0.2, 0.25) is 0 Å². The van der Waals surface area contributed by atoms with Gasteiger partial charge in [0.2, 0.25) is 0 Å². The predicted molar refractivity (Wildman–Crippen MR) is 101 cm³/mol. The Morgan fingerprint density at radius 1 is 1.26 bits per heavy atom. The number of carbonyl (C=O) groups excluding carboxylic acids is 1. The van der Waals surface area contributed by atoms with Crippen molar-refractivity contribution in [3.63, 3.8) is 0 Å². The summed E-state index contributed by atoms with van der Waals surface area (Å²) in [7, 11) is 0. The lowest BCUT2D eigenvalue weighted by Crippen LogP contribution is -2.62. The monoisotopic (exact) mass is 369 g/mol. The van der Waals surface area contributed by atoms with Gasteiger partial charge in [0, 0.05) is 18.2 Å². The van der Waals surface area contributed by atoms with Crippen LogP contribution in [0.1, 0.15) is 35.9 Å². The molecule has 1 amide bonds. The number of nitrogens with zero attached hydrogens (tertiary/aromatic N) is 2. The first kappa shape index (κ1) is 17.7. The van der Waals surface area contributed by atoms with Gasteiger partial charge < -0.3 is 9.73 Å². The Balaban J connectivity index is 1.55. The number of furan rings is 1. The molecule has 0 saturated carbocycles. The third-order valence-electron chi connectivity index (χ3n) is 5.92. The molecule has 0 spiro atoms. The van der Waals surface area contributed by atoms with E-state index in [2.05, 4.69) is 17.1 Å². The van der Waals surface area contributed by atoms with Crippen molar-refractivity contribution in [2.24, 2.45) is 5.92 Å². The number of nitro groups is 1. The highest BCUT2D eigenvalue weighted by atomic mass is 16.6. The zero-order valence-corrected chi connectivity index (χ0v) is 15.5. The van der Waals surface area contributed by atoms with Crippen molar-refractivity contribution in [3.05, 3.63) is 51.8 Å². The van der Waals surface area contributed by atoms with Crippen LogP contribution in [0.4, 0.5) is 5.69 Å². The van der Waals surface area contributed by atoms with Gasteiger partial charge in [-0.25, -0.2) is 0 Å². The van der Waals surface area contributed by atoms with Crippen LogP contribution in [0.15, 0.2) is 34.7 Å². The van der Waals surface area contributed by atoms with E-state index in [0.29, 0.717) is 23.3 Å². The van der Waals surface area contributed by atoms with E-state index in [0.717, 1.165) is 31.5 Å². The smallest absolute Gasteiger partial charge is 0.287 e. The summed E-state index contributed by atoms with van der Waals surface area (Å²) in [5, 5.41) is 14.5. The summed E-state index contributed by atoms with van der Waals surface area (Å²) in [4.78, 5) is 26.0. The average Bonchev–Trinajstić information content (AvgIpc) is 3.15. The topological polar surface area (TPSA) is 88.6 Å². The van der Waals surface area contributed by atoms with E-state index >= 15 is 0 Å². The molecule has 27 heavy (non-hydrogen) atoms. The number of nitrogens with one attached hydrogen (secondary N) is 1. The highest BCUT2D eigenvalue weighted by molar-refractivity contribution is 5.92. The minimum absolute atomic E-state index is 0.0256. The van der Waals surface area contributed by atoms with Crippen LogP contribution >= 0.6 is 0 Å². The zero-order valence-electron chi connectivity index (χ0n) is 15.5. The van der Waals surface area contributed by atoms with Crippen molar-refractivity contribution in [1.82, 2.24) is 10.2 Å². The molecule has 4 heterocycles. The van der Waals surface area contributed by atoms with Gasteiger partial charge in [-0.1, -0.05) is 6.07 Å². The number of carbonyl (C=O) groups is 1. The zero-order chi connectivity index (χ0) is 19.1. The Bertz CT molecular complexity index is 881. The SMILES string of the molecule is Cc1ccc(-c2ccc(C(=O)N[C@@H]3C4CCN(CC4)[C@H]3C)o2)c([N+](=O)[O-])c1. The van der Waals surface area contributed by atoms with E-state index < -0.39 is 4.92 Å². The van der Waals surface area contributed by atoms with Crippen LogP contribution in [0.3, 0.4) is 0 Å². The first-order chi connectivity index (χ1) is 12.9. The molecular formula is C20H23N3O4. The number of rotatable bonds is 4. The van der Waals surface area contributed by atoms with Crippen LogP contribution in [0, 0.1) is 23.0 Å². The van der Waals surface area contributed by atoms with Gasteiger partial charge in [0.25, 0.3) is 11.6 Å². The molecule has 2 atom stereocenters. The van der Waals surface area contributed by atoms with Crippen molar-refractivity contribution in [3.8, 4) is 11.3 Å². The van der Waals surface area contributed by atoms with Gasteiger partial charge in [0.05, 0.1) is 10.5 Å². The highest BCUT2D eigenvalue weighted by Crippen LogP contribution is 2.34. The highest BCUT2D eigenvalue weighted by Gasteiger charge is 2.40. The molecular weight excluding hydrogens is 346 g/mol. The van der Waals surface area contributed by atoms with Crippen LogP contribution in [-0.2, 0) is 0 Å². The summed E-state index contributed by atoms with van der Waals surface area (Å²) in [5.41, 5.74) is 1.15. The van der Waals surface area contributed by atoms with E-state index in [1.807, 2.05) is 0 Å². The molecule has 7 nitrogen and oxygen atoms in total. The van der Waals surface area contributed by atoms with E-state index in [9.17, 15) is 14.9 Å². The summed E-state index contributed by atoms with van der Waals surface area (Å²) >= 11 is 0. The third-order valence-corrected chi connectivity index (χ3v) is 5.92. The quantitative estimate of drug-likeness (QED) is 0.659. The van der Waals surface area contributed by atoms with Crippen molar-refractivity contribution < 1.29 is 14.1 Å². The van der Waals surface area contributed by atoms with Crippen molar-refractivity contribution in [1.29, 1.82) is 0 Å². The number of hydrogen-bond acceptors (Lipinski definition) is 5. The summed E-state index contributed by atoms with van der Waals surface area (Å²) in [6, 6.07) is 8.58. The number of fused-ring (bicyclic) bond motifs is 3. The van der Waals surface area contributed by atoms with Gasteiger partial charge >= 0.3 is 0 Å². The van der Waals surface area contributed by atoms with Gasteiger partial charge in [0.1, 0.15) is 5.76 Å². The standard InChI is InChI=1S/C20H23N3O4/c1-12-3-4-15(16(11-12)23(25)26)17-5-6-18(27-17)20(24)21-19-13(2)22-9-7-14(19)8-10-22/h3-6,11,13-14,19H,7-10H2,1-2H3,(H,21,24)/t13-,19-/m0/s1. The lowest BCUT2D eigenvalue weighted by Gasteiger charge is -2.49. The lowest BCUT2D eigenvalue weighted by molar-refractivity contribution is -0.384. The van der Waals surface area contributed by atoms with E-state index in [4.69, 9.17) is 4.42 Å². The van der Waals surface area contributed by atoms with Crippen LogP contribution in [0.25, 0.3) is 11.3 Å². The van der Waals surface area contributed by atoms with Crippen LogP contribution in [0.5, 0.6) is 0 Å². The van der Waals surface area contributed by atoms with Crippen LogP contribution < -0.4 is 5.32 Å². The molecule has 3 aliphatic heterocycles. The Morgan fingerprint density at radius 2 is 2.00 bits per heavy atom. The van der Waals surface area contributed by atoms with Gasteiger partial charge in [-0.2, -0.15) is 0 Å². The molecule has 7 heteroatoms. The molecule has 5 rings (SSSR count). The lowest BCUT2D eigenvalue weighted by atomic mass is 9.79. The molecule has 3 saturated heterocycles. The van der Waals surface area contributed by atoms with Crippen molar-refractivity contribution >= 4 is 11.6 Å². The molecule has 3 fully saturated rings. The predicted octanol–water partition coefficient (Wildman–Crippen LogP) is 3.38. The van der Waals surface area contributed by atoms with Gasteiger partial charge in [-0.05, 0) is 69.5 Å². The number of nitro benzene ring substituents is 1. The summed E-state index contributed by atoms with van der Waals surface area (Å²) in [5.74, 6) is 0.750. The Hall–Kier alpha value is -2.67. The molecule has 2 bridgehead atoms. The van der Waals surface area contributed by atoms with E-state index in [-0.39, 0.29) is 23.4 Å². The molecule has 1 aromatic carbocycles. The second-order valence-electron chi connectivity index (χ2n) is 7.55. The maximum atomic E-state index is 12.7. The Morgan fingerprint density at radius 3 is 2.67 bits per heavy atom. The molecule has 3 aliphatic rings. The molecule has 1 N–H and O–H groups in total. The first-order valence-corrected chi connectivity index (χ1v) is 9.34. The van der Waals surface area contributed by atoms with Crippen molar-refractivity contribution in [2.75, 3.05) is 13.1 Å². The Labute approximate surface area is 157 Å². The fourth-order valence-corrected chi connectivity index (χ4v) is 4.37. The van der Waals surface area contributed by atoms with Gasteiger partial charge in [0.15, 0.2) is 5.76 Å². The summed E-state index contributed by atoms with van der Waals surface area (Å²) in [6.45, 7) is 6.15. The minimum atomic E-state index is -0.431. The Kier molecular flexibility index (Phi) is 4.47. The van der Waals surface area contributed by atoms with E-state index in [1.165, 1.54) is 6.07 Å². The molecule has 2 aromatic rings. The fraction of sp³-hybridized carbons (Fsp3) is 0.450. The molecule has 0 unspecified atom stereocenters. The van der Waals surface area contributed by atoms with Crippen LogP contribution in [-0.4, -0.2) is 40.9 Å². The van der Waals surface area contributed by atoms with E-state index in [1.54, 1.807) is 31.2 Å². The number of hydrogen-bond donors (Lipinski definition) is 1. The number of aryl methyl sites for hydroxylation is 1. The first-order valence-electron chi connectivity index (χ1n) is 9.34. The largest absolute Gasteiger partial charge is 0.451 e. The average molecular weight is 369 g/mol. The second-order valence-corrected chi connectivity index (χ2v) is 7.55. The number of amides is 1. The molecule has 0 aliphatic carbocycles. The summed E-state index contributed by atoms with van der Waals surface area (Å²) < 4.78 is 5.69. The molecule has 1 aromatic heterocycles. The minimum Gasteiger partial charge on any atom is -0.451 e. The fourth-order valence-electron chi connectivity index (χ4n) is 4.37. The third kappa shape index (κ3) is 3.23. The van der Waals surface area contributed by atoms with Gasteiger partial charge in [-0.3, -0.25) is 19.8 Å². The molecule has 0 radical (unpaired) electrons. The maximum Gasteiger partial charge on any atom is 0.287 e. The number of piperidine rings is 3.